The van der Waals surface area contributed by atoms with E-state index in [-0.39, 0.29) is 5.92 Å². The Labute approximate surface area is 178 Å². The average Bonchev–Trinajstić information content (AvgIpc) is 2.84. The first kappa shape index (κ1) is 19.7. The van der Waals surface area contributed by atoms with E-state index in [9.17, 15) is 4.79 Å². The fourth-order valence-electron chi connectivity index (χ4n) is 5.43. The second-order valence-electron chi connectivity index (χ2n) is 9.03. The van der Waals surface area contributed by atoms with Crippen molar-refractivity contribution in [3.05, 3.63) is 24.7 Å². The second kappa shape index (κ2) is 8.84. The van der Waals surface area contributed by atoms with Crippen LogP contribution < -0.4 is 4.90 Å². The molecular formula is C23H32N6O. The summed E-state index contributed by atoms with van der Waals surface area (Å²) in [6, 6.07) is 2.73. The summed E-state index contributed by atoms with van der Waals surface area (Å²) in [5.41, 5.74) is 2.52. The molecule has 5 rings (SSSR count). The van der Waals surface area contributed by atoms with Gasteiger partial charge in [-0.2, -0.15) is 0 Å². The van der Waals surface area contributed by atoms with Crippen molar-refractivity contribution in [2.45, 2.75) is 51.0 Å². The predicted octanol–water partition coefficient (Wildman–Crippen LogP) is 2.72. The molecule has 0 bridgehead atoms. The van der Waals surface area contributed by atoms with Crippen molar-refractivity contribution in [2.75, 3.05) is 44.2 Å². The smallest absolute Gasteiger partial charge is 0.227 e. The highest BCUT2D eigenvalue weighted by atomic mass is 16.2. The molecule has 3 aliphatic rings. The van der Waals surface area contributed by atoms with E-state index in [4.69, 9.17) is 0 Å². The van der Waals surface area contributed by atoms with Crippen molar-refractivity contribution in [1.82, 2.24) is 24.8 Å². The molecule has 30 heavy (non-hydrogen) atoms. The number of piperidine rings is 3. The third kappa shape index (κ3) is 4.13. The fourth-order valence-corrected chi connectivity index (χ4v) is 5.43. The van der Waals surface area contributed by atoms with Crippen LogP contribution in [0.3, 0.4) is 0 Å². The summed E-state index contributed by atoms with van der Waals surface area (Å²) in [6.45, 7) is 6.08. The molecule has 0 aromatic carbocycles. The van der Waals surface area contributed by atoms with Gasteiger partial charge in [0.15, 0.2) is 5.65 Å². The van der Waals surface area contributed by atoms with Crippen LogP contribution in [0.5, 0.6) is 0 Å². The Balaban J connectivity index is 1.20. The number of hydrogen-bond acceptors (Lipinski definition) is 6. The highest BCUT2D eigenvalue weighted by Crippen LogP contribution is 2.27. The zero-order valence-electron chi connectivity index (χ0n) is 17.7. The van der Waals surface area contributed by atoms with E-state index in [1.54, 1.807) is 12.4 Å². The standard InChI is InChI=1S/C23H32N6O/c30-23(28-13-6-19(7-14-28)27-10-2-1-3-11-27)18-5-4-12-29(17-18)20-15-21-22(26-16-20)25-9-8-24-21/h8-9,15-16,18-19H,1-7,10-14,17H2. The first-order valence-corrected chi connectivity index (χ1v) is 11.6. The number of aromatic nitrogens is 3. The van der Waals surface area contributed by atoms with Gasteiger partial charge in [0.25, 0.3) is 0 Å². The van der Waals surface area contributed by atoms with Gasteiger partial charge in [0.2, 0.25) is 5.91 Å². The Morgan fingerprint density at radius 2 is 1.67 bits per heavy atom. The number of anilines is 1. The lowest BCUT2D eigenvalue weighted by molar-refractivity contribution is -0.137. The van der Waals surface area contributed by atoms with Gasteiger partial charge in [-0.05, 0) is 57.7 Å². The predicted molar refractivity (Wildman–Crippen MR) is 117 cm³/mol. The normalized spacial score (nSPS) is 24.3. The third-order valence-electron chi connectivity index (χ3n) is 7.13. The molecule has 3 aliphatic heterocycles. The number of hydrogen-bond donors (Lipinski definition) is 0. The van der Waals surface area contributed by atoms with Crippen LogP contribution in [0.4, 0.5) is 5.69 Å². The molecule has 3 fully saturated rings. The molecule has 0 N–H and O–H groups in total. The van der Waals surface area contributed by atoms with Gasteiger partial charge in [-0.3, -0.25) is 9.78 Å². The number of nitrogens with zero attached hydrogens (tertiary/aromatic N) is 6. The van der Waals surface area contributed by atoms with Gasteiger partial charge in [0.05, 0.1) is 17.8 Å². The van der Waals surface area contributed by atoms with Crippen LogP contribution in [0.15, 0.2) is 24.7 Å². The molecular weight excluding hydrogens is 376 g/mol. The van der Waals surface area contributed by atoms with E-state index in [1.807, 2.05) is 12.3 Å². The zero-order chi connectivity index (χ0) is 20.3. The lowest BCUT2D eigenvalue weighted by atomic mass is 9.94. The number of pyridine rings is 1. The molecule has 160 valence electrons. The summed E-state index contributed by atoms with van der Waals surface area (Å²) < 4.78 is 0. The number of carbonyl (C=O) groups is 1. The van der Waals surface area contributed by atoms with E-state index < -0.39 is 0 Å². The Bertz CT molecular complexity index is 875. The number of likely N-dealkylation sites (tertiary alicyclic amines) is 2. The maximum atomic E-state index is 13.3. The molecule has 5 heterocycles. The Morgan fingerprint density at radius 3 is 2.50 bits per heavy atom. The molecule has 7 nitrogen and oxygen atoms in total. The zero-order valence-corrected chi connectivity index (χ0v) is 17.7. The summed E-state index contributed by atoms with van der Waals surface area (Å²) in [7, 11) is 0. The molecule has 0 radical (unpaired) electrons. The molecule has 0 aliphatic carbocycles. The molecule has 7 heteroatoms. The Morgan fingerprint density at radius 1 is 0.867 bits per heavy atom. The van der Waals surface area contributed by atoms with Crippen LogP contribution in [0.1, 0.15) is 44.9 Å². The summed E-state index contributed by atoms with van der Waals surface area (Å²) >= 11 is 0. The van der Waals surface area contributed by atoms with Gasteiger partial charge in [-0.1, -0.05) is 6.42 Å². The van der Waals surface area contributed by atoms with Crippen LogP contribution in [-0.4, -0.2) is 76.0 Å². The quantitative estimate of drug-likeness (QED) is 0.778. The van der Waals surface area contributed by atoms with Crippen LogP contribution in [0.2, 0.25) is 0 Å². The largest absolute Gasteiger partial charge is 0.369 e. The SMILES string of the molecule is O=C(C1CCCN(c2cnc3nccnc3c2)C1)N1CCC(N2CCCCC2)CC1. The van der Waals surface area contributed by atoms with Crippen LogP contribution in [0, 0.1) is 5.92 Å². The monoisotopic (exact) mass is 408 g/mol. The highest BCUT2D eigenvalue weighted by Gasteiger charge is 2.33. The van der Waals surface area contributed by atoms with E-state index >= 15 is 0 Å². The molecule has 1 unspecified atom stereocenters. The lowest BCUT2D eigenvalue weighted by Gasteiger charge is -2.42. The maximum Gasteiger partial charge on any atom is 0.227 e. The van der Waals surface area contributed by atoms with E-state index in [2.05, 4.69) is 29.7 Å². The van der Waals surface area contributed by atoms with Crippen molar-refractivity contribution < 1.29 is 4.79 Å². The second-order valence-corrected chi connectivity index (χ2v) is 9.03. The van der Waals surface area contributed by atoms with Gasteiger partial charge >= 0.3 is 0 Å². The summed E-state index contributed by atoms with van der Waals surface area (Å²) in [5, 5.41) is 0. The van der Waals surface area contributed by atoms with Crippen LogP contribution in [0.25, 0.3) is 11.2 Å². The maximum absolute atomic E-state index is 13.3. The van der Waals surface area contributed by atoms with Crippen molar-refractivity contribution in [1.29, 1.82) is 0 Å². The summed E-state index contributed by atoms with van der Waals surface area (Å²) in [6.07, 6.45) is 13.6. The average molecular weight is 409 g/mol. The number of carbonyl (C=O) groups excluding carboxylic acids is 1. The van der Waals surface area contributed by atoms with E-state index in [0.29, 0.717) is 17.6 Å². The minimum absolute atomic E-state index is 0.0860. The first-order chi connectivity index (χ1) is 14.8. The van der Waals surface area contributed by atoms with Gasteiger partial charge in [0.1, 0.15) is 5.52 Å². The topological polar surface area (TPSA) is 65.5 Å². The molecule has 1 atom stereocenters. The van der Waals surface area contributed by atoms with Crippen molar-refractivity contribution in [2.24, 2.45) is 5.92 Å². The molecule has 1 amide bonds. The molecule has 0 saturated carbocycles. The highest BCUT2D eigenvalue weighted by molar-refractivity contribution is 5.80. The minimum Gasteiger partial charge on any atom is -0.369 e. The number of rotatable bonds is 3. The molecule has 2 aromatic rings. The van der Waals surface area contributed by atoms with Gasteiger partial charge in [-0.15, -0.1) is 0 Å². The van der Waals surface area contributed by atoms with Gasteiger partial charge < -0.3 is 14.7 Å². The summed E-state index contributed by atoms with van der Waals surface area (Å²) in [4.78, 5) is 33.5. The molecule has 3 saturated heterocycles. The summed E-state index contributed by atoms with van der Waals surface area (Å²) in [5.74, 6) is 0.438. The lowest BCUT2D eigenvalue weighted by Crippen LogP contribution is -2.51. The minimum atomic E-state index is 0.0860. The Kier molecular flexibility index (Phi) is 5.79. The van der Waals surface area contributed by atoms with Crippen molar-refractivity contribution in [3.63, 3.8) is 0 Å². The fraction of sp³-hybridized carbons (Fsp3) is 0.652. The van der Waals surface area contributed by atoms with Crippen molar-refractivity contribution >= 4 is 22.8 Å². The third-order valence-corrected chi connectivity index (χ3v) is 7.13. The first-order valence-electron chi connectivity index (χ1n) is 11.6. The van der Waals surface area contributed by atoms with Crippen molar-refractivity contribution in [3.8, 4) is 0 Å². The molecule has 2 aromatic heterocycles. The number of fused-ring (bicyclic) bond motifs is 1. The van der Waals surface area contributed by atoms with Crippen LogP contribution in [-0.2, 0) is 4.79 Å². The van der Waals surface area contributed by atoms with E-state index in [1.165, 1.54) is 32.4 Å². The number of amides is 1. The Hall–Kier alpha value is -2.28. The van der Waals surface area contributed by atoms with Gasteiger partial charge in [0, 0.05) is 44.6 Å². The van der Waals surface area contributed by atoms with Crippen LogP contribution >= 0.6 is 0 Å². The molecule has 0 spiro atoms. The van der Waals surface area contributed by atoms with E-state index in [0.717, 1.165) is 63.1 Å². The van der Waals surface area contributed by atoms with Gasteiger partial charge in [-0.25, -0.2) is 9.97 Å².